The molecule has 4 nitrogen and oxygen atoms in total. The molecule has 0 amide bonds. The fourth-order valence-electron chi connectivity index (χ4n) is 3.51. The normalized spacial score (nSPS) is 34.8. The van der Waals surface area contributed by atoms with Crippen molar-refractivity contribution in [1.29, 1.82) is 0 Å². The molecule has 1 aliphatic heterocycles. The van der Waals surface area contributed by atoms with Crippen LogP contribution in [0, 0.1) is 5.41 Å². The molecule has 1 aliphatic carbocycles. The monoisotopic (exact) mass is 268 g/mol. The molecule has 1 saturated heterocycles. The van der Waals surface area contributed by atoms with Crippen LogP contribution in [0.5, 0.6) is 0 Å². The molecule has 0 aromatic heterocycles. The minimum atomic E-state index is -0.618. The second-order valence-corrected chi connectivity index (χ2v) is 5.49. The summed E-state index contributed by atoms with van der Waals surface area (Å²) in [6, 6.07) is 0. The fraction of sp³-hybridized carbons (Fsp3) is 0.800. The maximum absolute atomic E-state index is 11.8. The van der Waals surface area contributed by atoms with Crippen molar-refractivity contribution in [3.8, 4) is 0 Å². The number of rotatable bonds is 6. The topological polar surface area (TPSA) is 44.8 Å². The van der Waals surface area contributed by atoms with E-state index in [4.69, 9.17) is 14.2 Å². The quantitative estimate of drug-likeness (QED) is 0.549. The molecule has 0 spiro atoms. The number of esters is 1. The average Bonchev–Trinajstić information content (AvgIpc) is 2.84. The van der Waals surface area contributed by atoms with Crippen LogP contribution < -0.4 is 0 Å². The minimum absolute atomic E-state index is 0.00446. The largest absolute Gasteiger partial charge is 0.464 e. The highest BCUT2D eigenvalue weighted by molar-refractivity contribution is 5.74. The number of allylic oxidation sites excluding steroid dienone is 1. The van der Waals surface area contributed by atoms with Crippen molar-refractivity contribution in [3.05, 3.63) is 12.7 Å². The van der Waals surface area contributed by atoms with Gasteiger partial charge in [-0.05, 0) is 39.5 Å². The smallest absolute Gasteiger partial charge is 0.335 e. The molecule has 2 fully saturated rings. The molecule has 1 heterocycles. The van der Waals surface area contributed by atoms with Gasteiger partial charge in [-0.2, -0.15) is 0 Å². The van der Waals surface area contributed by atoms with Crippen LogP contribution in [0.25, 0.3) is 0 Å². The van der Waals surface area contributed by atoms with Crippen LogP contribution in [0.15, 0.2) is 12.7 Å². The minimum Gasteiger partial charge on any atom is -0.464 e. The molecule has 0 bridgehead atoms. The highest BCUT2D eigenvalue weighted by Gasteiger charge is 2.60. The molecule has 2 aliphatic rings. The number of hydrogen-bond acceptors (Lipinski definition) is 4. The van der Waals surface area contributed by atoms with Crippen molar-refractivity contribution in [3.63, 3.8) is 0 Å². The van der Waals surface area contributed by atoms with Gasteiger partial charge in [0.1, 0.15) is 0 Å². The van der Waals surface area contributed by atoms with Gasteiger partial charge in [0.2, 0.25) is 0 Å². The molecule has 1 saturated carbocycles. The Labute approximate surface area is 115 Å². The van der Waals surface area contributed by atoms with Crippen molar-refractivity contribution < 1.29 is 19.0 Å². The predicted molar refractivity (Wildman–Crippen MR) is 71.6 cm³/mol. The molecule has 0 N–H and O–H groups in total. The van der Waals surface area contributed by atoms with Gasteiger partial charge in [-0.1, -0.05) is 6.08 Å². The summed E-state index contributed by atoms with van der Waals surface area (Å²) < 4.78 is 17.0. The summed E-state index contributed by atoms with van der Waals surface area (Å²) in [6.07, 6.45) is 6.22. The molecule has 0 unspecified atom stereocenters. The first-order valence-electron chi connectivity index (χ1n) is 7.18. The van der Waals surface area contributed by atoms with Gasteiger partial charge in [-0.25, -0.2) is 4.79 Å². The van der Waals surface area contributed by atoms with Crippen LogP contribution in [-0.2, 0) is 19.0 Å². The standard InChI is InChI=1S/C15H24O4/c1-4-7-14-8-6-9-15(14,18-11-10-14)19-12(3)13(16)17-5-2/h4,12H,1,5-11H2,2-3H3/t12-,14+,15-/m1/s1. The van der Waals surface area contributed by atoms with Crippen LogP contribution in [0.1, 0.15) is 46.0 Å². The van der Waals surface area contributed by atoms with Gasteiger partial charge < -0.3 is 14.2 Å². The van der Waals surface area contributed by atoms with Gasteiger partial charge in [0.25, 0.3) is 0 Å². The van der Waals surface area contributed by atoms with Crippen LogP contribution >= 0.6 is 0 Å². The van der Waals surface area contributed by atoms with Crippen molar-refractivity contribution in [2.75, 3.05) is 13.2 Å². The van der Waals surface area contributed by atoms with Crippen LogP contribution in [0.4, 0.5) is 0 Å². The first-order valence-corrected chi connectivity index (χ1v) is 7.18. The Hall–Kier alpha value is -0.870. The third-order valence-electron chi connectivity index (χ3n) is 4.41. The van der Waals surface area contributed by atoms with E-state index in [2.05, 4.69) is 6.58 Å². The zero-order chi connectivity index (χ0) is 13.9. The first kappa shape index (κ1) is 14.5. The molecule has 0 radical (unpaired) electrons. The van der Waals surface area contributed by atoms with E-state index in [0.29, 0.717) is 13.2 Å². The van der Waals surface area contributed by atoms with Crippen molar-refractivity contribution >= 4 is 5.97 Å². The molecule has 4 heteroatoms. The zero-order valence-electron chi connectivity index (χ0n) is 11.9. The Balaban J connectivity index is 2.12. The van der Waals surface area contributed by atoms with Crippen molar-refractivity contribution in [1.82, 2.24) is 0 Å². The summed E-state index contributed by atoms with van der Waals surface area (Å²) in [7, 11) is 0. The molecule has 0 aromatic rings. The van der Waals surface area contributed by atoms with Crippen LogP contribution in [0.2, 0.25) is 0 Å². The summed E-state index contributed by atoms with van der Waals surface area (Å²) in [6.45, 7) is 8.46. The number of ether oxygens (including phenoxy) is 3. The zero-order valence-corrected chi connectivity index (χ0v) is 11.9. The maximum Gasteiger partial charge on any atom is 0.335 e. The third kappa shape index (κ3) is 2.43. The van der Waals surface area contributed by atoms with E-state index >= 15 is 0 Å². The van der Waals surface area contributed by atoms with E-state index in [1.54, 1.807) is 13.8 Å². The van der Waals surface area contributed by atoms with Gasteiger partial charge >= 0.3 is 5.97 Å². The Morgan fingerprint density at radius 2 is 2.26 bits per heavy atom. The molecule has 3 atom stereocenters. The summed E-state index contributed by atoms with van der Waals surface area (Å²) in [5.41, 5.74) is -0.00446. The van der Waals surface area contributed by atoms with E-state index in [1.807, 2.05) is 6.08 Å². The van der Waals surface area contributed by atoms with E-state index < -0.39 is 11.9 Å². The first-order chi connectivity index (χ1) is 9.09. The van der Waals surface area contributed by atoms with Crippen molar-refractivity contribution in [2.45, 2.75) is 57.8 Å². The Kier molecular flexibility index (Phi) is 4.31. The van der Waals surface area contributed by atoms with E-state index in [1.165, 1.54) is 0 Å². The second-order valence-electron chi connectivity index (χ2n) is 5.49. The van der Waals surface area contributed by atoms with E-state index in [0.717, 1.165) is 32.1 Å². The van der Waals surface area contributed by atoms with Crippen LogP contribution in [0.3, 0.4) is 0 Å². The predicted octanol–water partition coefficient (Wildman–Crippen LogP) is 2.82. The van der Waals surface area contributed by atoms with Crippen molar-refractivity contribution in [2.24, 2.45) is 5.41 Å². The fourth-order valence-corrected chi connectivity index (χ4v) is 3.51. The lowest BCUT2D eigenvalue weighted by Gasteiger charge is -2.39. The summed E-state index contributed by atoms with van der Waals surface area (Å²) >= 11 is 0. The Morgan fingerprint density at radius 1 is 1.47 bits per heavy atom. The maximum atomic E-state index is 11.8. The Bertz CT molecular complexity index is 340. The summed E-state index contributed by atoms with van der Waals surface area (Å²) in [4.78, 5) is 11.8. The lowest BCUT2D eigenvalue weighted by atomic mass is 9.77. The lowest BCUT2D eigenvalue weighted by molar-refractivity contribution is -0.266. The van der Waals surface area contributed by atoms with Crippen LogP contribution in [-0.4, -0.2) is 31.1 Å². The van der Waals surface area contributed by atoms with Gasteiger partial charge in [0, 0.05) is 11.8 Å². The lowest BCUT2D eigenvalue weighted by Crippen LogP contribution is -2.46. The number of carbonyl (C=O) groups is 1. The van der Waals surface area contributed by atoms with Gasteiger partial charge in [-0.15, -0.1) is 6.58 Å². The highest BCUT2D eigenvalue weighted by atomic mass is 16.7. The molecule has 19 heavy (non-hydrogen) atoms. The second kappa shape index (κ2) is 5.63. The number of carbonyl (C=O) groups excluding carboxylic acids is 1. The summed E-state index contributed by atoms with van der Waals surface area (Å²) in [5, 5.41) is 0. The molecule has 2 rings (SSSR count). The highest BCUT2D eigenvalue weighted by Crippen LogP contribution is 2.58. The molecular formula is C15H24O4. The molecule has 0 aromatic carbocycles. The number of fused-ring (bicyclic) bond motifs is 1. The van der Waals surface area contributed by atoms with Gasteiger partial charge in [0.15, 0.2) is 11.9 Å². The SMILES string of the molecule is C=CC[C@@]12CCC[C@]1(O[C@H](C)C(=O)OCC)OCC2. The van der Waals surface area contributed by atoms with Gasteiger partial charge in [-0.3, -0.25) is 0 Å². The average molecular weight is 268 g/mol. The molecular weight excluding hydrogens is 244 g/mol. The Morgan fingerprint density at radius 3 is 2.95 bits per heavy atom. The van der Waals surface area contributed by atoms with E-state index in [9.17, 15) is 4.79 Å². The van der Waals surface area contributed by atoms with Gasteiger partial charge in [0.05, 0.1) is 13.2 Å². The molecule has 108 valence electrons. The third-order valence-corrected chi connectivity index (χ3v) is 4.41. The van der Waals surface area contributed by atoms with E-state index in [-0.39, 0.29) is 11.4 Å². The number of hydrogen-bond donors (Lipinski definition) is 0. The summed E-state index contributed by atoms with van der Waals surface area (Å²) in [5.74, 6) is -0.931.